The van der Waals surface area contributed by atoms with E-state index in [9.17, 15) is 4.79 Å². The van der Waals surface area contributed by atoms with Gasteiger partial charge in [0.2, 0.25) is 5.91 Å². The van der Waals surface area contributed by atoms with E-state index in [0.717, 1.165) is 11.3 Å². The van der Waals surface area contributed by atoms with E-state index in [1.807, 2.05) is 49.1 Å². The molecule has 0 unspecified atom stereocenters. The van der Waals surface area contributed by atoms with E-state index >= 15 is 0 Å². The second-order valence-corrected chi connectivity index (χ2v) is 5.48. The van der Waals surface area contributed by atoms with Gasteiger partial charge in [-0.2, -0.15) is 0 Å². The predicted octanol–water partition coefficient (Wildman–Crippen LogP) is 2.54. The molecule has 1 aromatic carbocycles. The standard InChI is InChI=1S/C18H28N2O3/c1-6-19(12-15(2)3)17(21)13-20(14-18(22-4)23-5)16-10-8-7-9-11-16/h7-11,18H,2,6,12-14H2,1,3-5H3. The van der Waals surface area contributed by atoms with Crippen molar-refractivity contribution in [1.82, 2.24) is 4.90 Å². The van der Waals surface area contributed by atoms with Crippen molar-refractivity contribution in [2.24, 2.45) is 0 Å². The lowest BCUT2D eigenvalue weighted by Gasteiger charge is -2.30. The molecule has 0 aliphatic rings. The average molecular weight is 320 g/mol. The summed E-state index contributed by atoms with van der Waals surface area (Å²) in [4.78, 5) is 16.4. The summed E-state index contributed by atoms with van der Waals surface area (Å²) in [6.45, 7) is 9.78. The number of para-hydroxylation sites is 1. The Morgan fingerprint density at radius 2 is 1.78 bits per heavy atom. The number of likely N-dealkylation sites (N-methyl/N-ethyl adjacent to an activating group) is 1. The third-order valence-electron chi connectivity index (χ3n) is 3.54. The molecule has 0 radical (unpaired) electrons. The molecular weight excluding hydrogens is 292 g/mol. The van der Waals surface area contributed by atoms with Crippen molar-refractivity contribution in [2.75, 3.05) is 45.3 Å². The number of amides is 1. The third kappa shape index (κ3) is 6.42. The molecule has 0 aromatic heterocycles. The zero-order valence-corrected chi connectivity index (χ0v) is 14.6. The summed E-state index contributed by atoms with van der Waals surface area (Å²) >= 11 is 0. The SMILES string of the molecule is C=C(C)CN(CC)C(=O)CN(CC(OC)OC)c1ccccc1. The highest BCUT2D eigenvalue weighted by atomic mass is 16.7. The van der Waals surface area contributed by atoms with E-state index in [1.165, 1.54) is 0 Å². The monoisotopic (exact) mass is 320 g/mol. The highest BCUT2D eigenvalue weighted by Gasteiger charge is 2.20. The Labute approximate surface area is 139 Å². The number of methoxy groups -OCH3 is 2. The Kier molecular flexibility index (Phi) is 8.37. The first-order valence-corrected chi connectivity index (χ1v) is 7.79. The first-order valence-electron chi connectivity index (χ1n) is 7.79. The van der Waals surface area contributed by atoms with E-state index in [0.29, 0.717) is 19.6 Å². The Hall–Kier alpha value is -1.85. The van der Waals surface area contributed by atoms with Gasteiger partial charge in [-0.05, 0) is 26.0 Å². The van der Waals surface area contributed by atoms with Crippen LogP contribution in [0.15, 0.2) is 42.5 Å². The van der Waals surface area contributed by atoms with Crippen LogP contribution >= 0.6 is 0 Å². The smallest absolute Gasteiger partial charge is 0.242 e. The molecule has 0 bridgehead atoms. The van der Waals surface area contributed by atoms with Crippen molar-refractivity contribution in [2.45, 2.75) is 20.1 Å². The molecular formula is C18H28N2O3. The Morgan fingerprint density at radius 3 is 2.26 bits per heavy atom. The molecule has 5 nitrogen and oxygen atoms in total. The van der Waals surface area contributed by atoms with Crippen LogP contribution in [0.3, 0.4) is 0 Å². The molecule has 128 valence electrons. The van der Waals surface area contributed by atoms with Crippen LogP contribution in [0.2, 0.25) is 0 Å². The minimum Gasteiger partial charge on any atom is -0.357 e. The summed E-state index contributed by atoms with van der Waals surface area (Å²) in [5.74, 6) is 0.0605. The van der Waals surface area contributed by atoms with E-state index < -0.39 is 0 Å². The predicted molar refractivity (Wildman–Crippen MR) is 93.5 cm³/mol. The summed E-state index contributed by atoms with van der Waals surface area (Å²) in [5, 5.41) is 0. The highest BCUT2D eigenvalue weighted by Crippen LogP contribution is 2.15. The molecule has 0 aliphatic heterocycles. The maximum absolute atomic E-state index is 12.6. The van der Waals surface area contributed by atoms with Crippen molar-refractivity contribution in [3.05, 3.63) is 42.5 Å². The summed E-state index contributed by atoms with van der Waals surface area (Å²) < 4.78 is 10.6. The number of anilines is 1. The Morgan fingerprint density at radius 1 is 1.17 bits per heavy atom. The Bertz CT molecular complexity index is 486. The summed E-state index contributed by atoms with van der Waals surface area (Å²) in [6.07, 6.45) is -0.390. The van der Waals surface area contributed by atoms with Crippen molar-refractivity contribution in [1.29, 1.82) is 0 Å². The summed E-state index contributed by atoms with van der Waals surface area (Å²) in [6, 6.07) is 9.81. The van der Waals surface area contributed by atoms with Gasteiger partial charge in [-0.25, -0.2) is 0 Å². The Balaban J connectivity index is 2.87. The van der Waals surface area contributed by atoms with Crippen LogP contribution in [0.5, 0.6) is 0 Å². The molecule has 0 atom stereocenters. The number of carbonyl (C=O) groups excluding carboxylic acids is 1. The van der Waals surface area contributed by atoms with Gasteiger partial charge in [0.05, 0.1) is 13.1 Å². The molecule has 1 aromatic rings. The second kappa shape index (κ2) is 10.0. The molecule has 0 aliphatic carbocycles. The van der Waals surface area contributed by atoms with Gasteiger partial charge >= 0.3 is 0 Å². The van der Waals surface area contributed by atoms with Crippen LogP contribution in [0.1, 0.15) is 13.8 Å². The minimum absolute atomic E-state index is 0.0605. The average Bonchev–Trinajstić information content (AvgIpc) is 2.56. The van der Waals surface area contributed by atoms with Gasteiger partial charge in [-0.15, -0.1) is 0 Å². The molecule has 5 heteroatoms. The molecule has 0 fully saturated rings. The lowest BCUT2D eigenvalue weighted by Crippen LogP contribution is -2.44. The summed E-state index contributed by atoms with van der Waals surface area (Å²) in [7, 11) is 3.19. The van der Waals surface area contributed by atoms with Gasteiger partial charge < -0.3 is 19.3 Å². The van der Waals surface area contributed by atoms with E-state index in [-0.39, 0.29) is 18.7 Å². The van der Waals surface area contributed by atoms with Gasteiger partial charge in [-0.1, -0.05) is 30.4 Å². The fourth-order valence-corrected chi connectivity index (χ4v) is 2.29. The van der Waals surface area contributed by atoms with Crippen molar-refractivity contribution in [3.8, 4) is 0 Å². The van der Waals surface area contributed by atoms with E-state index in [4.69, 9.17) is 9.47 Å². The highest BCUT2D eigenvalue weighted by molar-refractivity contribution is 5.81. The normalized spacial score (nSPS) is 10.7. The maximum Gasteiger partial charge on any atom is 0.242 e. The molecule has 0 heterocycles. The van der Waals surface area contributed by atoms with Crippen LogP contribution in [-0.2, 0) is 14.3 Å². The van der Waals surface area contributed by atoms with Gasteiger partial charge in [0.15, 0.2) is 6.29 Å². The molecule has 1 amide bonds. The van der Waals surface area contributed by atoms with Crippen LogP contribution in [0.4, 0.5) is 5.69 Å². The number of hydrogen-bond acceptors (Lipinski definition) is 4. The maximum atomic E-state index is 12.6. The van der Waals surface area contributed by atoms with Crippen LogP contribution in [0, 0.1) is 0 Å². The molecule has 0 N–H and O–H groups in total. The molecule has 0 saturated heterocycles. The van der Waals surface area contributed by atoms with Crippen LogP contribution in [-0.4, -0.2) is 57.5 Å². The third-order valence-corrected chi connectivity index (χ3v) is 3.54. The van der Waals surface area contributed by atoms with Gasteiger partial charge in [0, 0.05) is 33.0 Å². The number of ether oxygens (including phenoxy) is 2. The fraction of sp³-hybridized carbons (Fsp3) is 0.500. The zero-order chi connectivity index (χ0) is 17.2. The lowest BCUT2D eigenvalue weighted by atomic mass is 10.2. The number of hydrogen-bond donors (Lipinski definition) is 0. The van der Waals surface area contributed by atoms with Crippen LogP contribution in [0.25, 0.3) is 0 Å². The second-order valence-electron chi connectivity index (χ2n) is 5.48. The number of rotatable bonds is 10. The summed E-state index contributed by atoms with van der Waals surface area (Å²) in [5.41, 5.74) is 1.93. The largest absolute Gasteiger partial charge is 0.357 e. The van der Waals surface area contributed by atoms with Crippen LogP contribution < -0.4 is 4.90 Å². The minimum atomic E-state index is -0.390. The van der Waals surface area contributed by atoms with Crippen molar-refractivity contribution >= 4 is 11.6 Å². The van der Waals surface area contributed by atoms with E-state index in [1.54, 1.807) is 19.1 Å². The molecule has 23 heavy (non-hydrogen) atoms. The van der Waals surface area contributed by atoms with Gasteiger partial charge in [-0.3, -0.25) is 4.79 Å². The lowest BCUT2D eigenvalue weighted by molar-refractivity contribution is -0.129. The molecule has 0 spiro atoms. The number of carbonyl (C=O) groups is 1. The number of nitrogens with zero attached hydrogens (tertiary/aromatic N) is 2. The fourth-order valence-electron chi connectivity index (χ4n) is 2.29. The zero-order valence-electron chi connectivity index (χ0n) is 14.6. The first kappa shape index (κ1) is 19.2. The quantitative estimate of drug-likeness (QED) is 0.491. The van der Waals surface area contributed by atoms with Gasteiger partial charge in [0.1, 0.15) is 0 Å². The first-order chi connectivity index (χ1) is 11.0. The van der Waals surface area contributed by atoms with Gasteiger partial charge in [0.25, 0.3) is 0 Å². The van der Waals surface area contributed by atoms with E-state index in [2.05, 4.69) is 6.58 Å². The molecule has 1 rings (SSSR count). The van der Waals surface area contributed by atoms with Crippen molar-refractivity contribution < 1.29 is 14.3 Å². The topological polar surface area (TPSA) is 42.0 Å². The van der Waals surface area contributed by atoms with Crippen molar-refractivity contribution in [3.63, 3.8) is 0 Å². The molecule has 0 saturated carbocycles. The number of benzene rings is 1.